The molecule has 2 aromatic carbocycles. The molecule has 8 heteroatoms. The van der Waals surface area contributed by atoms with Gasteiger partial charge >= 0.3 is 12.0 Å². The summed E-state index contributed by atoms with van der Waals surface area (Å²) in [5, 5.41) is 9.67. The number of aryl methyl sites for hydroxylation is 1. The van der Waals surface area contributed by atoms with Crippen molar-refractivity contribution in [2.45, 2.75) is 18.9 Å². The number of rotatable bonds is 5. The van der Waals surface area contributed by atoms with Crippen molar-refractivity contribution in [2.75, 3.05) is 25.7 Å². The van der Waals surface area contributed by atoms with E-state index in [2.05, 4.69) is 0 Å². The fourth-order valence-corrected chi connectivity index (χ4v) is 4.21. The SMILES string of the molecule is COc1ccc(N2CC(C(=O)O)C(=O)N(C3CCc4ccccc43)C2=O)cc1OC. The number of anilines is 1. The fourth-order valence-electron chi connectivity index (χ4n) is 4.21. The molecule has 0 radical (unpaired) electrons. The topological polar surface area (TPSA) is 96.4 Å². The summed E-state index contributed by atoms with van der Waals surface area (Å²) in [6, 6.07) is 11.5. The third-order valence-corrected chi connectivity index (χ3v) is 5.73. The van der Waals surface area contributed by atoms with Gasteiger partial charge in [-0.05, 0) is 36.1 Å². The summed E-state index contributed by atoms with van der Waals surface area (Å²) >= 11 is 0. The first-order valence-electron chi connectivity index (χ1n) is 9.63. The summed E-state index contributed by atoms with van der Waals surface area (Å²) < 4.78 is 10.5. The van der Waals surface area contributed by atoms with Crippen molar-refractivity contribution in [2.24, 2.45) is 5.92 Å². The molecule has 0 bridgehead atoms. The van der Waals surface area contributed by atoms with Gasteiger partial charge in [-0.3, -0.25) is 19.4 Å². The number of fused-ring (bicyclic) bond motifs is 1. The number of carboxylic acid groups (broad SMARTS) is 1. The second-order valence-corrected chi connectivity index (χ2v) is 7.28. The third kappa shape index (κ3) is 3.14. The lowest BCUT2D eigenvalue weighted by atomic mass is 10.00. The molecule has 2 aromatic rings. The van der Waals surface area contributed by atoms with Crippen LogP contribution in [0.15, 0.2) is 42.5 Å². The summed E-state index contributed by atoms with van der Waals surface area (Å²) in [6.07, 6.45) is 1.30. The molecule has 156 valence electrons. The Bertz CT molecular complexity index is 1020. The van der Waals surface area contributed by atoms with Crippen molar-refractivity contribution >= 4 is 23.6 Å². The van der Waals surface area contributed by atoms with Gasteiger partial charge in [0.2, 0.25) is 5.91 Å². The van der Waals surface area contributed by atoms with Crippen molar-refractivity contribution in [1.29, 1.82) is 0 Å². The van der Waals surface area contributed by atoms with Gasteiger partial charge in [0.15, 0.2) is 17.4 Å². The van der Waals surface area contributed by atoms with Crippen molar-refractivity contribution < 1.29 is 29.0 Å². The molecule has 30 heavy (non-hydrogen) atoms. The molecule has 0 saturated carbocycles. The molecule has 0 spiro atoms. The Morgan fingerprint density at radius 3 is 2.50 bits per heavy atom. The van der Waals surface area contributed by atoms with E-state index in [1.54, 1.807) is 18.2 Å². The van der Waals surface area contributed by atoms with Gasteiger partial charge in [0.05, 0.1) is 26.8 Å². The van der Waals surface area contributed by atoms with E-state index in [1.807, 2.05) is 24.3 Å². The molecule has 4 rings (SSSR count). The summed E-state index contributed by atoms with van der Waals surface area (Å²) in [7, 11) is 2.98. The normalized spacial score (nSPS) is 20.9. The number of urea groups is 1. The number of nitrogens with zero attached hydrogens (tertiary/aromatic N) is 2. The molecule has 2 aliphatic rings. The second-order valence-electron chi connectivity index (χ2n) is 7.28. The van der Waals surface area contributed by atoms with Crippen molar-refractivity contribution in [1.82, 2.24) is 4.90 Å². The van der Waals surface area contributed by atoms with E-state index in [4.69, 9.17) is 9.47 Å². The van der Waals surface area contributed by atoms with Crippen LogP contribution in [0.5, 0.6) is 11.5 Å². The van der Waals surface area contributed by atoms with E-state index in [9.17, 15) is 19.5 Å². The first-order chi connectivity index (χ1) is 14.5. The maximum absolute atomic E-state index is 13.4. The summed E-state index contributed by atoms with van der Waals surface area (Å²) in [4.78, 5) is 40.7. The van der Waals surface area contributed by atoms with E-state index in [-0.39, 0.29) is 6.54 Å². The summed E-state index contributed by atoms with van der Waals surface area (Å²) in [5.41, 5.74) is 2.39. The molecule has 2 unspecified atom stereocenters. The van der Waals surface area contributed by atoms with Crippen molar-refractivity contribution in [3.63, 3.8) is 0 Å². The smallest absolute Gasteiger partial charge is 0.331 e. The number of aliphatic carboxylic acids is 1. The van der Waals surface area contributed by atoms with Crippen LogP contribution in [0, 0.1) is 5.92 Å². The van der Waals surface area contributed by atoms with Crippen molar-refractivity contribution in [3.05, 3.63) is 53.6 Å². The number of carboxylic acids is 1. The van der Waals surface area contributed by atoms with E-state index < -0.39 is 29.9 Å². The monoisotopic (exact) mass is 410 g/mol. The van der Waals surface area contributed by atoms with Gasteiger partial charge in [-0.15, -0.1) is 0 Å². The Morgan fingerprint density at radius 1 is 1.07 bits per heavy atom. The molecular weight excluding hydrogens is 388 g/mol. The van der Waals surface area contributed by atoms with Crippen LogP contribution in [-0.4, -0.2) is 48.7 Å². The Kier molecular flexibility index (Phi) is 5.07. The van der Waals surface area contributed by atoms with Gasteiger partial charge in [-0.2, -0.15) is 0 Å². The largest absolute Gasteiger partial charge is 0.493 e. The molecule has 2 atom stereocenters. The Hall–Kier alpha value is -3.55. The van der Waals surface area contributed by atoms with Crippen LogP contribution in [0.3, 0.4) is 0 Å². The molecule has 1 N–H and O–H groups in total. The summed E-state index contributed by atoms with van der Waals surface area (Å²) in [6.45, 7) is -0.243. The molecule has 3 amide bonds. The molecule has 0 aromatic heterocycles. The minimum atomic E-state index is -1.34. The molecule has 8 nitrogen and oxygen atoms in total. The van der Waals surface area contributed by atoms with Gasteiger partial charge < -0.3 is 14.6 Å². The number of hydrogen-bond donors (Lipinski definition) is 1. The van der Waals surface area contributed by atoms with Gasteiger partial charge in [0.25, 0.3) is 0 Å². The molecule has 1 heterocycles. The number of benzene rings is 2. The number of carbonyl (C=O) groups excluding carboxylic acids is 2. The Morgan fingerprint density at radius 2 is 1.80 bits per heavy atom. The quantitative estimate of drug-likeness (QED) is 0.762. The zero-order valence-electron chi connectivity index (χ0n) is 16.7. The number of hydrogen-bond acceptors (Lipinski definition) is 5. The van der Waals surface area contributed by atoms with Gasteiger partial charge in [-0.25, -0.2) is 4.79 Å². The molecular formula is C22H22N2O6. The Balaban J connectivity index is 1.75. The standard InChI is InChI=1S/C22H22N2O6/c1-29-18-10-8-14(11-19(18)30-2)23-12-16(21(26)27)20(25)24(22(23)28)17-9-7-13-5-3-4-6-15(13)17/h3-6,8,10-11,16-17H,7,9,12H2,1-2H3,(H,26,27). The van der Waals surface area contributed by atoms with Crippen LogP contribution in [0.2, 0.25) is 0 Å². The minimum Gasteiger partial charge on any atom is -0.493 e. The highest BCUT2D eigenvalue weighted by Gasteiger charge is 2.47. The number of carbonyl (C=O) groups is 3. The average Bonchev–Trinajstić information content (AvgIpc) is 3.17. The first-order valence-corrected chi connectivity index (χ1v) is 9.63. The minimum absolute atomic E-state index is 0.243. The zero-order valence-corrected chi connectivity index (χ0v) is 16.7. The Labute approximate surface area is 173 Å². The maximum atomic E-state index is 13.4. The number of imide groups is 1. The summed E-state index contributed by atoms with van der Waals surface area (Å²) in [5.74, 6) is -2.38. The highest BCUT2D eigenvalue weighted by atomic mass is 16.5. The number of methoxy groups -OCH3 is 2. The van der Waals surface area contributed by atoms with Crippen LogP contribution < -0.4 is 14.4 Å². The first kappa shape index (κ1) is 19.8. The fraction of sp³-hybridized carbons (Fsp3) is 0.318. The van der Waals surface area contributed by atoms with Crippen LogP contribution in [0.1, 0.15) is 23.6 Å². The highest BCUT2D eigenvalue weighted by molar-refractivity contribution is 6.12. The predicted molar refractivity (Wildman–Crippen MR) is 108 cm³/mol. The lowest BCUT2D eigenvalue weighted by Gasteiger charge is -2.40. The third-order valence-electron chi connectivity index (χ3n) is 5.73. The van der Waals surface area contributed by atoms with Crippen molar-refractivity contribution in [3.8, 4) is 11.5 Å². The molecule has 1 aliphatic carbocycles. The van der Waals surface area contributed by atoms with Gasteiger partial charge in [0, 0.05) is 11.8 Å². The second kappa shape index (κ2) is 7.70. The molecule has 1 saturated heterocycles. The highest BCUT2D eigenvalue weighted by Crippen LogP contribution is 2.40. The van der Waals surface area contributed by atoms with Crippen LogP contribution in [-0.2, 0) is 16.0 Å². The average molecular weight is 410 g/mol. The van der Waals surface area contributed by atoms with Crippen LogP contribution >= 0.6 is 0 Å². The van der Waals surface area contributed by atoms with Gasteiger partial charge in [-0.1, -0.05) is 24.3 Å². The lowest BCUT2D eigenvalue weighted by Crippen LogP contribution is -2.59. The number of amides is 3. The van der Waals surface area contributed by atoms with Crippen LogP contribution in [0.4, 0.5) is 10.5 Å². The number of ether oxygens (including phenoxy) is 2. The van der Waals surface area contributed by atoms with E-state index in [0.29, 0.717) is 23.6 Å². The van der Waals surface area contributed by atoms with Gasteiger partial charge in [0.1, 0.15) is 0 Å². The maximum Gasteiger partial charge on any atom is 0.331 e. The van der Waals surface area contributed by atoms with Crippen LogP contribution in [0.25, 0.3) is 0 Å². The zero-order chi connectivity index (χ0) is 21.4. The van der Waals surface area contributed by atoms with E-state index >= 15 is 0 Å². The molecule has 1 fully saturated rings. The predicted octanol–water partition coefficient (Wildman–Crippen LogP) is 2.86. The lowest BCUT2D eigenvalue weighted by molar-refractivity contribution is -0.151. The van der Waals surface area contributed by atoms with E-state index in [1.165, 1.54) is 19.1 Å². The van der Waals surface area contributed by atoms with E-state index in [0.717, 1.165) is 22.4 Å². The molecule has 1 aliphatic heterocycles.